The van der Waals surface area contributed by atoms with E-state index in [1.165, 1.54) is 54.1 Å². The molecule has 1 saturated carbocycles. The Balaban J connectivity index is 1.82. The Morgan fingerprint density at radius 1 is 0.875 bits per heavy atom. The SMILES string of the molecule is NCC1(c2cn(Cc3ccccc3)c3ccccc23)CCCCC1. The van der Waals surface area contributed by atoms with E-state index in [1.807, 2.05) is 0 Å². The molecule has 0 aliphatic heterocycles. The highest BCUT2D eigenvalue weighted by Crippen LogP contribution is 2.42. The summed E-state index contributed by atoms with van der Waals surface area (Å²) in [5.74, 6) is 0. The van der Waals surface area contributed by atoms with Crippen LogP contribution in [0.5, 0.6) is 0 Å². The fourth-order valence-corrected chi connectivity index (χ4v) is 4.39. The average Bonchev–Trinajstić information content (AvgIpc) is 3.02. The zero-order chi connectivity index (χ0) is 16.4. The van der Waals surface area contributed by atoms with E-state index in [0.717, 1.165) is 13.1 Å². The number of hydrogen-bond acceptors (Lipinski definition) is 1. The van der Waals surface area contributed by atoms with E-state index in [-0.39, 0.29) is 5.41 Å². The van der Waals surface area contributed by atoms with Gasteiger partial charge in [-0.25, -0.2) is 0 Å². The zero-order valence-corrected chi connectivity index (χ0v) is 14.2. The standard InChI is InChI=1S/C22H26N2/c23-17-22(13-7-2-8-14-22)20-16-24(15-18-9-3-1-4-10-18)21-12-6-5-11-19(20)21/h1,3-6,9-12,16H,2,7-8,13-15,17,23H2. The maximum Gasteiger partial charge on any atom is 0.0486 e. The largest absolute Gasteiger partial charge is 0.343 e. The third-order valence-corrected chi connectivity index (χ3v) is 5.76. The highest BCUT2D eigenvalue weighted by atomic mass is 15.0. The number of hydrogen-bond donors (Lipinski definition) is 1. The first kappa shape index (κ1) is 15.5. The van der Waals surface area contributed by atoms with Crippen molar-refractivity contribution < 1.29 is 0 Å². The molecule has 4 rings (SSSR count). The van der Waals surface area contributed by atoms with Crippen LogP contribution in [0.25, 0.3) is 10.9 Å². The number of nitrogens with zero attached hydrogens (tertiary/aromatic N) is 1. The van der Waals surface area contributed by atoms with Crippen molar-refractivity contribution in [1.29, 1.82) is 0 Å². The van der Waals surface area contributed by atoms with Gasteiger partial charge in [-0.15, -0.1) is 0 Å². The second-order valence-corrected chi connectivity index (χ2v) is 7.22. The minimum absolute atomic E-state index is 0.166. The molecule has 0 atom stereocenters. The van der Waals surface area contributed by atoms with Gasteiger partial charge in [0.25, 0.3) is 0 Å². The van der Waals surface area contributed by atoms with E-state index in [9.17, 15) is 0 Å². The van der Waals surface area contributed by atoms with Gasteiger partial charge in [0.2, 0.25) is 0 Å². The van der Waals surface area contributed by atoms with Gasteiger partial charge in [0, 0.05) is 35.6 Å². The van der Waals surface area contributed by atoms with Gasteiger partial charge < -0.3 is 10.3 Å². The van der Waals surface area contributed by atoms with E-state index in [0.29, 0.717) is 0 Å². The number of aromatic nitrogens is 1. The number of nitrogens with two attached hydrogens (primary N) is 1. The van der Waals surface area contributed by atoms with Gasteiger partial charge in [0.15, 0.2) is 0 Å². The van der Waals surface area contributed by atoms with Crippen LogP contribution in [0.15, 0.2) is 60.8 Å². The molecule has 0 spiro atoms. The molecule has 1 aliphatic rings. The van der Waals surface area contributed by atoms with E-state index in [4.69, 9.17) is 5.73 Å². The molecule has 0 radical (unpaired) electrons. The molecule has 0 saturated heterocycles. The molecule has 2 aromatic carbocycles. The van der Waals surface area contributed by atoms with Crippen LogP contribution < -0.4 is 5.73 Å². The lowest BCUT2D eigenvalue weighted by atomic mass is 9.69. The van der Waals surface area contributed by atoms with E-state index >= 15 is 0 Å². The molecule has 0 bridgehead atoms. The first-order chi connectivity index (χ1) is 11.8. The van der Waals surface area contributed by atoms with Crippen molar-refractivity contribution in [2.24, 2.45) is 5.73 Å². The van der Waals surface area contributed by atoms with Crippen LogP contribution in [0.4, 0.5) is 0 Å². The molecular formula is C22H26N2. The number of fused-ring (bicyclic) bond motifs is 1. The van der Waals surface area contributed by atoms with Crippen LogP contribution in [0, 0.1) is 0 Å². The van der Waals surface area contributed by atoms with Gasteiger partial charge in [-0.1, -0.05) is 67.8 Å². The van der Waals surface area contributed by atoms with Crippen molar-refractivity contribution in [3.8, 4) is 0 Å². The Morgan fingerprint density at radius 3 is 2.33 bits per heavy atom. The summed E-state index contributed by atoms with van der Waals surface area (Å²) in [6.45, 7) is 1.67. The Kier molecular flexibility index (Phi) is 4.15. The Hall–Kier alpha value is -2.06. The highest BCUT2D eigenvalue weighted by molar-refractivity contribution is 5.85. The number of benzene rings is 2. The van der Waals surface area contributed by atoms with Gasteiger partial charge >= 0.3 is 0 Å². The quantitative estimate of drug-likeness (QED) is 0.732. The molecule has 1 aliphatic carbocycles. The van der Waals surface area contributed by atoms with Crippen molar-refractivity contribution in [3.05, 3.63) is 71.9 Å². The summed E-state index contributed by atoms with van der Waals surface area (Å²) >= 11 is 0. The smallest absolute Gasteiger partial charge is 0.0486 e. The van der Waals surface area contributed by atoms with Crippen molar-refractivity contribution in [3.63, 3.8) is 0 Å². The normalized spacial score (nSPS) is 17.2. The maximum absolute atomic E-state index is 6.31. The van der Waals surface area contributed by atoms with Gasteiger partial charge in [-0.2, -0.15) is 0 Å². The fourth-order valence-electron chi connectivity index (χ4n) is 4.39. The van der Waals surface area contributed by atoms with Crippen molar-refractivity contribution in [2.75, 3.05) is 6.54 Å². The summed E-state index contributed by atoms with van der Waals surface area (Å²) in [6, 6.07) is 19.5. The first-order valence-corrected chi connectivity index (χ1v) is 9.15. The predicted octanol–water partition coefficient (Wildman–Crippen LogP) is 4.85. The van der Waals surface area contributed by atoms with Gasteiger partial charge in [-0.3, -0.25) is 0 Å². The molecule has 3 aromatic rings. The summed E-state index contributed by atoms with van der Waals surface area (Å²) in [6.07, 6.45) is 8.79. The van der Waals surface area contributed by atoms with Gasteiger partial charge in [-0.05, 0) is 30.0 Å². The molecule has 24 heavy (non-hydrogen) atoms. The number of rotatable bonds is 4. The molecule has 1 fully saturated rings. The Labute approximate surface area is 144 Å². The van der Waals surface area contributed by atoms with Crippen LogP contribution in [0.3, 0.4) is 0 Å². The first-order valence-electron chi connectivity index (χ1n) is 9.15. The molecular weight excluding hydrogens is 292 g/mol. The summed E-state index contributed by atoms with van der Waals surface area (Å²) in [5, 5.41) is 1.39. The van der Waals surface area contributed by atoms with Crippen molar-refractivity contribution in [1.82, 2.24) is 4.57 Å². The van der Waals surface area contributed by atoms with Crippen LogP contribution in [0.1, 0.15) is 43.2 Å². The lowest BCUT2D eigenvalue weighted by Gasteiger charge is -2.36. The summed E-state index contributed by atoms with van der Waals surface area (Å²) in [4.78, 5) is 0. The maximum atomic E-state index is 6.31. The number of para-hydroxylation sites is 1. The van der Waals surface area contributed by atoms with E-state index in [2.05, 4.69) is 65.4 Å². The second kappa shape index (κ2) is 6.45. The summed E-state index contributed by atoms with van der Waals surface area (Å²) < 4.78 is 2.41. The molecule has 124 valence electrons. The minimum atomic E-state index is 0.166. The molecule has 0 unspecified atom stereocenters. The lowest BCUT2D eigenvalue weighted by molar-refractivity contribution is 0.302. The van der Waals surface area contributed by atoms with E-state index < -0.39 is 0 Å². The highest BCUT2D eigenvalue weighted by Gasteiger charge is 2.35. The van der Waals surface area contributed by atoms with Crippen molar-refractivity contribution >= 4 is 10.9 Å². The zero-order valence-electron chi connectivity index (χ0n) is 14.2. The minimum Gasteiger partial charge on any atom is -0.343 e. The topological polar surface area (TPSA) is 30.9 Å². The third kappa shape index (κ3) is 2.65. The Morgan fingerprint density at radius 2 is 1.58 bits per heavy atom. The second-order valence-electron chi connectivity index (χ2n) is 7.22. The summed E-state index contributed by atoms with van der Waals surface area (Å²) in [5.41, 5.74) is 10.6. The van der Waals surface area contributed by atoms with E-state index in [1.54, 1.807) is 0 Å². The van der Waals surface area contributed by atoms with Gasteiger partial charge in [0.1, 0.15) is 0 Å². The molecule has 1 heterocycles. The molecule has 2 N–H and O–H groups in total. The lowest BCUT2D eigenvalue weighted by Crippen LogP contribution is -2.37. The summed E-state index contributed by atoms with van der Waals surface area (Å²) in [7, 11) is 0. The monoisotopic (exact) mass is 318 g/mol. The van der Waals surface area contributed by atoms with Crippen LogP contribution in [0.2, 0.25) is 0 Å². The third-order valence-electron chi connectivity index (χ3n) is 5.76. The van der Waals surface area contributed by atoms with Crippen LogP contribution in [-0.4, -0.2) is 11.1 Å². The molecule has 1 aromatic heterocycles. The van der Waals surface area contributed by atoms with Gasteiger partial charge in [0.05, 0.1) is 0 Å². The Bertz CT molecular complexity index is 810. The molecule has 0 amide bonds. The van der Waals surface area contributed by atoms with Crippen LogP contribution in [-0.2, 0) is 12.0 Å². The van der Waals surface area contributed by atoms with Crippen LogP contribution >= 0.6 is 0 Å². The molecule has 2 nitrogen and oxygen atoms in total. The predicted molar refractivity (Wildman–Crippen MR) is 101 cm³/mol. The van der Waals surface area contributed by atoms with Crippen molar-refractivity contribution in [2.45, 2.75) is 44.1 Å². The molecule has 2 heteroatoms. The fraction of sp³-hybridized carbons (Fsp3) is 0.364. The average molecular weight is 318 g/mol.